The molecule has 1 amide bonds. The van der Waals surface area contributed by atoms with Crippen LogP contribution in [0.4, 0.5) is 8.78 Å². The zero-order valence-corrected chi connectivity index (χ0v) is 11.4. The number of carbonyl (C=O) groups is 1. The molecule has 0 radical (unpaired) electrons. The van der Waals surface area contributed by atoms with E-state index < -0.39 is 23.6 Å². The summed E-state index contributed by atoms with van der Waals surface area (Å²) in [5.41, 5.74) is 1.63. The smallest absolute Gasteiger partial charge is 0.251 e. The van der Waals surface area contributed by atoms with Crippen LogP contribution >= 0.6 is 0 Å². The number of aliphatic hydroxyl groups is 1. The van der Waals surface area contributed by atoms with Gasteiger partial charge in [0.15, 0.2) is 11.6 Å². The fourth-order valence-corrected chi connectivity index (χ4v) is 2.00. The van der Waals surface area contributed by atoms with Gasteiger partial charge >= 0.3 is 0 Å². The summed E-state index contributed by atoms with van der Waals surface area (Å²) >= 11 is 0. The van der Waals surface area contributed by atoms with Crippen molar-refractivity contribution >= 4 is 5.91 Å². The highest BCUT2D eigenvalue weighted by Gasteiger charge is 2.13. The number of rotatable bonds is 4. The zero-order valence-electron chi connectivity index (χ0n) is 11.4. The molecule has 0 aliphatic carbocycles. The van der Waals surface area contributed by atoms with Crippen LogP contribution in [0.25, 0.3) is 0 Å². The van der Waals surface area contributed by atoms with E-state index in [4.69, 9.17) is 0 Å². The molecule has 21 heavy (non-hydrogen) atoms. The number of hydrogen-bond donors (Lipinski definition) is 2. The second kappa shape index (κ2) is 6.45. The zero-order chi connectivity index (χ0) is 15.4. The molecule has 2 rings (SSSR count). The average molecular weight is 291 g/mol. The summed E-state index contributed by atoms with van der Waals surface area (Å²) in [4.78, 5) is 11.8. The van der Waals surface area contributed by atoms with Gasteiger partial charge in [-0.15, -0.1) is 0 Å². The molecule has 5 heteroatoms. The minimum Gasteiger partial charge on any atom is -0.387 e. The highest BCUT2D eigenvalue weighted by Crippen LogP contribution is 2.16. The number of aliphatic hydroxyl groups excluding tert-OH is 1. The van der Waals surface area contributed by atoms with Crippen molar-refractivity contribution < 1.29 is 18.7 Å². The molecule has 1 unspecified atom stereocenters. The van der Waals surface area contributed by atoms with E-state index in [0.29, 0.717) is 5.56 Å². The van der Waals surface area contributed by atoms with E-state index >= 15 is 0 Å². The van der Waals surface area contributed by atoms with Crippen molar-refractivity contribution in [2.45, 2.75) is 13.0 Å². The van der Waals surface area contributed by atoms with Gasteiger partial charge in [0, 0.05) is 12.1 Å². The molecular formula is C16H15F2NO2. The predicted molar refractivity (Wildman–Crippen MR) is 74.8 cm³/mol. The van der Waals surface area contributed by atoms with Crippen molar-refractivity contribution in [2.24, 2.45) is 0 Å². The van der Waals surface area contributed by atoms with Gasteiger partial charge in [0.25, 0.3) is 5.91 Å². The number of aryl methyl sites for hydroxylation is 1. The molecule has 0 spiro atoms. The summed E-state index contributed by atoms with van der Waals surface area (Å²) in [6, 6.07) is 10.2. The number of amides is 1. The Morgan fingerprint density at radius 2 is 1.90 bits per heavy atom. The third-order valence-corrected chi connectivity index (χ3v) is 3.19. The number of nitrogens with one attached hydrogen (secondary N) is 1. The van der Waals surface area contributed by atoms with Crippen LogP contribution in [0.3, 0.4) is 0 Å². The molecule has 0 saturated heterocycles. The maximum atomic E-state index is 13.1. The Labute approximate surface area is 121 Å². The van der Waals surface area contributed by atoms with Crippen molar-refractivity contribution in [3.63, 3.8) is 0 Å². The lowest BCUT2D eigenvalue weighted by Crippen LogP contribution is -2.28. The van der Waals surface area contributed by atoms with Crippen LogP contribution in [0.15, 0.2) is 42.5 Å². The van der Waals surface area contributed by atoms with Gasteiger partial charge in [-0.3, -0.25) is 4.79 Å². The lowest BCUT2D eigenvalue weighted by molar-refractivity contribution is 0.0915. The van der Waals surface area contributed by atoms with Crippen LogP contribution < -0.4 is 5.32 Å². The third kappa shape index (κ3) is 3.64. The van der Waals surface area contributed by atoms with E-state index in [1.807, 2.05) is 19.1 Å². The highest BCUT2D eigenvalue weighted by molar-refractivity contribution is 5.94. The predicted octanol–water partition coefficient (Wildman–Crippen LogP) is 2.74. The van der Waals surface area contributed by atoms with Crippen LogP contribution in [-0.4, -0.2) is 17.6 Å². The van der Waals surface area contributed by atoms with E-state index in [2.05, 4.69) is 5.32 Å². The quantitative estimate of drug-likeness (QED) is 0.910. The monoisotopic (exact) mass is 291 g/mol. The Bertz CT molecular complexity index is 658. The van der Waals surface area contributed by atoms with Gasteiger partial charge in [0.05, 0.1) is 6.10 Å². The molecule has 110 valence electrons. The molecule has 2 aromatic carbocycles. The summed E-state index contributed by atoms with van der Waals surface area (Å²) < 4.78 is 25.8. The molecule has 0 aromatic heterocycles. The Morgan fingerprint density at radius 1 is 1.19 bits per heavy atom. The normalized spacial score (nSPS) is 12.0. The number of benzene rings is 2. The van der Waals surface area contributed by atoms with Crippen molar-refractivity contribution in [3.8, 4) is 0 Å². The third-order valence-electron chi connectivity index (χ3n) is 3.19. The molecule has 1 atom stereocenters. The largest absolute Gasteiger partial charge is 0.387 e. The average Bonchev–Trinajstić information content (AvgIpc) is 2.47. The van der Waals surface area contributed by atoms with Gasteiger partial charge in [-0.1, -0.05) is 24.3 Å². The number of carbonyl (C=O) groups excluding carboxylic acids is 1. The van der Waals surface area contributed by atoms with Gasteiger partial charge in [-0.05, 0) is 36.2 Å². The summed E-state index contributed by atoms with van der Waals surface area (Å²) in [5.74, 6) is -2.66. The van der Waals surface area contributed by atoms with Crippen LogP contribution in [-0.2, 0) is 0 Å². The van der Waals surface area contributed by atoms with Crippen LogP contribution in [0.1, 0.15) is 27.6 Å². The maximum Gasteiger partial charge on any atom is 0.251 e. The second-order valence-electron chi connectivity index (χ2n) is 4.71. The van der Waals surface area contributed by atoms with Gasteiger partial charge in [0.2, 0.25) is 0 Å². The first-order valence-electron chi connectivity index (χ1n) is 6.46. The standard InChI is InChI=1S/C16H15F2NO2/c1-10-4-2-3-5-12(10)15(20)9-19-16(21)11-6-7-13(17)14(18)8-11/h2-8,15,20H,9H2,1H3,(H,19,21). The molecule has 2 N–H and O–H groups in total. The van der Waals surface area contributed by atoms with Crippen molar-refractivity contribution in [2.75, 3.05) is 6.54 Å². The first kappa shape index (κ1) is 15.1. The number of halogens is 2. The Balaban J connectivity index is 2.01. The summed E-state index contributed by atoms with van der Waals surface area (Å²) in [6.07, 6.45) is -0.861. The Morgan fingerprint density at radius 3 is 2.57 bits per heavy atom. The Hall–Kier alpha value is -2.27. The topological polar surface area (TPSA) is 49.3 Å². The van der Waals surface area contributed by atoms with E-state index in [0.717, 1.165) is 17.7 Å². The van der Waals surface area contributed by atoms with E-state index in [1.165, 1.54) is 6.07 Å². The lowest BCUT2D eigenvalue weighted by atomic mass is 10.0. The molecule has 3 nitrogen and oxygen atoms in total. The minimum absolute atomic E-state index is 0.00545. The van der Waals surface area contributed by atoms with E-state index in [9.17, 15) is 18.7 Å². The van der Waals surface area contributed by atoms with Gasteiger partial charge in [-0.2, -0.15) is 0 Å². The minimum atomic E-state index is -1.08. The van der Waals surface area contributed by atoms with Crippen LogP contribution in [0.2, 0.25) is 0 Å². The molecule has 0 bridgehead atoms. The second-order valence-corrected chi connectivity index (χ2v) is 4.71. The van der Waals surface area contributed by atoms with Gasteiger partial charge in [0.1, 0.15) is 0 Å². The molecular weight excluding hydrogens is 276 g/mol. The summed E-state index contributed by atoms with van der Waals surface area (Å²) in [6.45, 7) is 1.85. The van der Waals surface area contributed by atoms with Crippen molar-refractivity contribution in [1.29, 1.82) is 0 Å². The van der Waals surface area contributed by atoms with Crippen LogP contribution in [0.5, 0.6) is 0 Å². The fraction of sp³-hybridized carbons (Fsp3) is 0.188. The molecule has 2 aromatic rings. The first-order chi connectivity index (χ1) is 9.99. The van der Waals surface area contributed by atoms with Crippen LogP contribution in [0, 0.1) is 18.6 Å². The summed E-state index contributed by atoms with van der Waals surface area (Å²) in [7, 11) is 0. The first-order valence-corrected chi connectivity index (χ1v) is 6.46. The molecule has 0 aliphatic heterocycles. The van der Waals surface area contributed by atoms with Crippen molar-refractivity contribution in [1.82, 2.24) is 5.32 Å². The van der Waals surface area contributed by atoms with Gasteiger partial charge in [-0.25, -0.2) is 8.78 Å². The summed E-state index contributed by atoms with van der Waals surface area (Å²) in [5, 5.41) is 12.5. The lowest BCUT2D eigenvalue weighted by Gasteiger charge is -2.14. The Kier molecular flexibility index (Phi) is 4.65. The SMILES string of the molecule is Cc1ccccc1C(O)CNC(=O)c1ccc(F)c(F)c1. The van der Waals surface area contributed by atoms with E-state index in [-0.39, 0.29) is 12.1 Å². The molecule has 0 saturated carbocycles. The maximum absolute atomic E-state index is 13.1. The highest BCUT2D eigenvalue weighted by atomic mass is 19.2. The molecule has 0 fully saturated rings. The van der Waals surface area contributed by atoms with E-state index in [1.54, 1.807) is 12.1 Å². The molecule has 0 heterocycles. The van der Waals surface area contributed by atoms with Crippen molar-refractivity contribution in [3.05, 3.63) is 70.8 Å². The van der Waals surface area contributed by atoms with Gasteiger partial charge < -0.3 is 10.4 Å². The number of hydrogen-bond acceptors (Lipinski definition) is 2. The molecule has 0 aliphatic rings. The fourth-order valence-electron chi connectivity index (χ4n) is 2.00.